The van der Waals surface area contributed by atoms with Gasteiger partial charge in [0.05, 0.1) is 18.1 Å². The van der Waals surface area contributed by atoms with Crippen molar-refractivity contribution in [1.29, 1.82) is 0 Å². The zero-order valence-electron chi connectivity index (χ0n) is 15.7. The molecular weight excluding hydrogens is 362 g/mol. The molecule has 1 aliphatic rings. The zero-order valence-corrected chi connectivity index (χ0v) is 16.5. The summed E-state index contributed by atoms with van der Waals surface area (Å²) in [5.41, 5.74) is 2.54. The monoisotopic (exact) mass is 387 g/mol. The number of rotatable bonds is 6. The fourth-order valence-electron chi connectivity index (χ4n) is 3.39. The Bertz CT molecular complexity index is 906. The molecular formula is C21H25NO4S. The van der Waals surface area contributed by atoms with Crippen LogP contribution in [-0.4, -0.2) is 43.4 Å². The Morgan fingerprint density at radius 1 is 1.19 bits per heavy atom. The molecule has 3 rings (SSSR count). The predicted octanol–water partition coefficient (Wildman–Crippen LogP) is 3.22. The van der Waals surface area contributed by atoms with E-state index in [1.54, 1.807) is 11.0 Å². The third kappa shape index (κ3) is 4.89. The van der Waals surface area contributed by atoms with E-state index in [-0.39, 0.29) is 23.5 Å². The summed E-state index contributed by atoms with van der Waals surface area (Å²) < 4.78 is 29.4. The molecule has 0 radical (unpaired) electrons. The van der Waals surface area contributed by atoms with Gasteiger partial charge in [-0.3, -0.25) is 4.79 Å². The van der Waals surface area contributed by atoms with Crippen molar-refractivity contribution < 1.29 is 17.9 Å². The maximum absolute atomic E-state index is 13.2. The standard InChI is InChI=1S/C21H25NO4S/c1-3-26-20-9-7-17(8-10-20)14-22(19-11-12-27(24,25)15-19)21(23)18-6-4-5-16(2)13-18/h4-10,13,19H,3,11-12,14-15H2,1-2H3. The number of carbonyl (C=O) groups is 1. The minimum atomic E-state index is -3.08. The number of benzene rings is 2. The van der Waals surface area contributed by atoms with Crippen molar-refractivity contribution in [3.63, 3.8) is 0 Å². The lowest BCUT2D eigenvalue weighted by Crippen LogP contribution is -2.40. The highest BCUT2D eigenvalue weighted by Crippen LogP contribution is 2.23. The topological polar surface area (TPSA) is 63.7 Å². The molecule has 1 heterocycles. The second kappa shape index (κ2) is 8.13. The molecule has 0 saturated carbocycles. The predicted molar refractivity (Wildman–Crippen MR) is 106 cm³/mol. The minimum Gasteiger partial charge on any atom is -0.494 e. The van der Waals surface area contributed by atoms with Crippen LogP contribution in [-0.2, 0) is 16.4 Å². The van der Waals surface area contributed by atoms with Gasteiger partial charge in [-0.1, -0.05) is 29.8 Å². The molecule has 0 spiro atoms. The number of ether oxygens (including phenoxy) is 1. The molecule has 2 aromatic rings. The molecule has 1 saturated heterocycles. The molecule has 1 unspecified atom stereocenters. The van der Waals surface area contributed by atoms with Crippen LogP contribution >= 0.6 is 0 Å². The van der Waals surface area contributed by atoms with Gasteiger partial charge in [-0.25, -0.2) is 8.42 Å². The van der Waals surface area contributed by atoms with Crippen LogP contribution in [0.15, 0.2) is 48.5 Å². The van der Waals surface area contributed by atoms with Crippen LogP contribution in [0.1, 0.15) is 34.8 Å². The number of nitrogens with zero attached hydrogens (tertiary/aromatic N) is 1. The van der Waals surface area contributed by atoms with Gasteiger partial charge in [0.2, 0.25) is 0 Å². The Labute approximate surface area is 160 Å². The van der Waals surface area contributed by atoms with Crippen molar-refractivity contribution in [3.05, 3.63) is 65.2 Å². The van der Waals surface area contributed by atoms with Gasteiger partial charge in [0.25, 0.3) is 5.91 Å². The largest absolute Gasteiger partial charge is 0.494 e. The Balaban J connectivity index is 1.86. The molecule has 5 nitrogen and oxygen atoms in total. The van der Waals surface area contributed by atoms with Gasteiger partial charge in [-0.2, -0.15) is 0 Å². The van der Waals surface area contributed by atoms with Crippen molar-refractivity contribution in [2.75, 3.05) is 18.1 Å². The van der Waals surface area contributed by atoms with Gasteiger partial charge in [-0.05, 0) is 50.1 Å². The fraction of sp³-hybridized carbons (Fsp3) is 0.381. The Hall–Kier alpha value is -2.34. The molecule has 0 aromatic heterocycles. The van der Waals surface area contributed by atoms with Crippen LogP contribution in [0.4, 0.5) is 0 Å². The van der Waals surface area contributed by atoms with Gasteiger partial charge in [0, 0.05) is 18.2 Å². The van der Waals surface area contributed by atoms with Gasteiger partial charge < -0.3 is 9.64 Å². The molecule has 1 amide bonds. The lowest BCUT2D eigenvalue weighted by atomic mass is 10.1. The number of amides is 1. The number of carbonyl (C=O) groups excluding carboxylic acids is 1. The fourth-order valence-corrected chi connectivity index (χ4v) is 5.12. The van der Waals surface area contributed by atoms with Crippen LogP contribution in [0.5, 0.6) is 5.75 Å². The minimum absolute atomic E-state index is 0.0294. The van der Waals surface area contributed by atoms with Crippen LogP contribution in [0.3, 0.4) is 0 Å². The third-order valence-corrected chi connectivity index (χ3v) is 6.51. The van der Waals surface area contributed by atoms with E-state index in [1.807, 2.05) is 56.3 Å². The molecule has 0 N–H and O–H groups in total. The average molecular weight is 388 g/mol. The summed E-state index contributed by atoms with van der Waals surface area (Å²) in [7, 11) is -3.08. The van der Waals surface area contributed by atoms with E-state index in [0.29, 0.717) is 25.1 Å². The van der Waals surface area contributed by atoms with E-state index >= 15 is 0 Å². The maximum Gasteiger partial charge on any atom is 0.254 e. The Morgan fingerprint density at radius 2 is 1.93 bits per heavy atom. The highest BCUT2D eigenvalue weighted by Gasteiger charge is 2.35. The van der Waals surface area contributed by atoms with E-state index in [9.17, 15) is 13.2 Å². The van der Waals surface area contributed by atoms with E-state index in [4.69, 9.17) is 4.74 Å². The van der Waals surface area contributed by atoms with E-state index < -0.39 is 9.84 Å². The quantitative estimate of drug-likeness (QED) is 0.763. The van der Waals surface area contributed by atoms with Crippen molar-refractivity contribution in [1.82, 2.24) is 4.90 Å². The number of sulfone groups is 1. The van der Waals surface area contributed by atoms with Gasteiger partial charge in [0.1, 0.15) is 5.75 Å². The summed E-state index contributed by atoms with van der Waals surface area (Å²) in [5, 5.41) is 0. The molecule has 0 bridgehead atoms. The smallest absolute Gasteiger partial charge is 0.254 e. The SMILES string of the molecule is CCOc1ccc(CN(C(=O)c2cccc(C)c2)C2CCS(=O)(=O)C2)cc1. The second-order valence-corrected chi connectivity index (χ2v) is 9.17. The first kappa shape index (κ1) is 19.4. The van der Waals surface area contributed by atoms with E-state index in [0.717, 1.165) is 16.9 Å². The average Bonchev–Trinajstić information content (AvgIpc) is 3.00. The Morgan fingerprint density at radius 3 is 2.52 bits per heavy atom. The summed E-state index contributed by atoms with van der Waals surface area (Å²) in [5.74, 6) is 0.816. The number of aryl methyl sites for hydroxylation is 1. The maximum atomic E-state index is 13.2. The molecule has 6 heteroatoms. The summed E-state index contributed by atoms with van der Waals surface area (Å²) >= 11 is 0. The summed E-state index contributed by atoms with van der Waals surface area (Å²) in [4.78, 5) is 14.9. The number of hydrogen-bond acceptors (Lipinski definition) is 4. The van der Waals surface area contributed by atoms with Gasteiger partial charge >= 0.3 is 0 Å². The molecule has 27 heavy (non-hydrogen) atoms. The highest BCUT2D eigenvalue weighted by molar-refractivity contribution is 7.91. The van der Waals surface area contributed by atoms with Crippen LogP contribution in [0, 0.1) is 6.92 Å². The first-order valence-electron chi connectivity index (χ1n) is 9.18. The molecule has 0 aliphatic carbocycles. The van der Waals surface area contributed by atoms with E-state index in [1.165, 1.54) is 0 Å². The highest BCUT2D eigenvalue weighted by atomic mass is 32.2. The Kier molecular flexibility index (Phi) is 5.85. The molecule has 1 fully saturated rings. The van der Waals surface area contributed by atoms with Crippen molar-refractivity contribution in [3.8, 4) is 5.75 Å². The van der Waals surface area contributed by atoms with E-state index in [2.05, 4.69) is 0 Å². The molecule has 1 atom stereocenters. The van der Waals surface area contributed by atoms with Gasteiger partial charge in [0.15, 0.2) is 9.84 Å². The van der Waals surface area contributed by atoms with Crippen molar-refractivity contribution in [2.24, 2.45) is 0 Å². The second-order valence-electron chi connectivity index (χ2n) is 6.94. The summed E-state index contributed by atoms with van der Waals surface area (Å²) in [6.07, 6.45) is 0.483. The lowest BCUT2D eigenvalue weighted by molar-refractivity contribution is 0.0681. The van der Waals surface area contributed by atoms with Crippen molar-refractivity contribution >= 4 is 15.7 Å². The first-order valence-corrected chi connectivity index (χ1v) is 11.0. The van der Waals surface area contributed by atoms with Crippen LogP contribution < -0.4 is 4.74 Å². The molecule has 2 aromatic carbocycles. The summed E-state index contributed by atoms with van der Waals surface area (Å²) in [6.45, 7) is 4.83. The summed E-state index contributed by atoms with van der Waals surface area (Å²) in [6, 6.07) is 14.7. The first-order chi connectivity index (χ1) is 12.9. The van der Waals surface area contributed by atoms with Crippen LogP contribution in [0.25, 0.3) is 0 Å². The number of hydrogen-bond donors (Lipinski definition) is 0. The lowest BCUT2D eigenvalue weighted by Gasteiger charge is -2.29. The van der Waals surface area contributed by atoms with Crippen LogP contribution in [0.2, 0.25) is 0 Å². The van der Waals surface area contributed by atoms with Crippen molar-refractivity contribution in [2.45, 2.75) is 32.9 Å². The zero-order chi connectivity index (χ0) is 19.4. The normalized spacial score (nSPS) is 18.2. The molecule has 144 valence electrons. The van der Waals surface area contributed by atoms with Gasteiger partial charge in [-0.15, -0.1) is 0 Å². The third-order valence-electron chi connectivity index (χ3n) is 4.76. The molecule has 1 aliphatic heterocycles.